The quantitative estimate of drug-likeness (QED) is 0.604. The van der Waals surface area contributed by atoms with E-state index in [0.29, 0.717) is 28.9 Å². The van der Waals surface area contributed by atoms with Gasteiger partial charge in [-0.3, -0.25) is 4.79 Å². The summed E-state index contributed by atoms with van der Waals surface area (Å²) in [5.74, 6) is 0.0325. The Bertz CT molecular complexity index is 962. The molecule has 9 nitrogen and oxygen atoms in total. The number of nitrogens with one attached hydrogen (secondary N) is 1. The monoisotopic (exact) mass is 385 g/mol. The molecule has 9 heteroatoms. The molecular formula is C19H19N3O6. The van der Waals surface area contributed by atoms with Gasteiger partial charge in [-0.2, -0.15) is 4.98 Å². The van der Waals surface area contributed by atoms with Crippen molar-refractivity contribution in [3.8, 4) is 17.3 Å². The van der Waals surface area contributed by atoms with Gasteiger partial charge < -0.3 is 24.1 Å². The van der Waals surface area contributed by atoms with Gasteiger partial charge in [0.05, 0.1) is 23.6 Å². The van der Waals surface area contributed by atoms with E-state index < -0.39 is 5.97 Å². The lowest BCUT2D eigenvalue weighted by molar-refractivity contribution is -0.116. The molecule has 0 aliphatic heterocycles. The van der Waals surface area contributed by atoms with Crippen LogP contribution in [0.25, 0.3) is 11.6 Å². The van der Waals surface area contributed by atoms with Crippen LogP contribution in [-0.2, 0) is 11.2 Å². The highest BCUT2D eigenvalue weighted by Gasteiger charge is 2.15. The van der Waals surface area contributed by atoms with Gasteiger partial charge >= 0.3 is 5.97 Å². The van der Waals surface area contributed by atoms with Gasteiger partial charge in [-0.1, -0.05) is 5.16 Å². The summed E-state index contributed by atoms with van der Waals surface area (Å²) >= 11 is 0. The van der Waals surface area contributed by atoms with Gasteiger partial charge in [0.1, 0.15) is 5.75 Å². The number of rotatable bonds is 8. The van der Waals surface area contributed by atoms with E-state index in [-0.39, 0.29) is 30.4 Å². The second-order valence-corrected chi connectivity index (χ2v) is 6.22. The number of ether oxygens (including phenoxy) is 1. The molecule has 3 rings (SSSR count). The van der Waals surface area contributed by atoms with Gasteiger partial charge in [0.2, 0.25) is 17.6 Å². The van der Waals surface area contributed by atoms with E-state index in [2.05, 4.69) is 15.5 Å². The molecular weight excluding hydrogens is 366 g/mol. The molecule has 0 bridgehead atoms. The first-order chi connectivity index (χ1) is 13.4. The Morgan fingerprint density at radius 2 is 2.11 bits per heavy atom. The first-order valence-electron chi connectivity index (χ1n) is 8.62. The smallest absolute Gasteiger partial charge is 0.335 e. The van der Waals surface area contributed by atoms with Crippen LogP contribution < -0.4 is 10.1 Å². The largest absolute Gasteiger partial charge is 0.489 e. The summed E-state index contributed by atoms with van der Waals surface area (Å²) < 4.78 is 15.9. The molecule has 0 atom stereocenters. The van der Waals surface area contributed by atoms with Crippen LogP contribution in [-0.4, -0.2) is 33.2 Å². The summed E-state index contributed by atoms with van der Waals surface area (Å²) in [6.07, 6.45) is 1.65. The fourth-order valence-corrected chi connectivity index (χ4v) is 2.41. The molecule has 1 amide bonds. The third kappa shape index (κ3) is 4.76. The number of carboxylic acids is 1. The number of hydrogen-bond donors (Lipinski definition) is 2. The van der Waals surface area contributed by atoms with Crippen LogP contribution in [0.4, 0.5) is 5.69 Å². The normalized spacial score (nSPS) is 10.8. The standard InChI is InChI=1S/C19H19N3O6/c1-11(2)27-14-6-5-12(19(24)25)10-13(14)20-16(23)7-8-17-21-18(22-28-17)15-4-3-9-26-15/h3-6,9-11H,7-8H2,1-2H3,(H,20,23)(H,24,25). The molecule has 0 aliphatic carbocycles. The molecule has 1 aromatic carbocycles. The molecule has 0 unspecified atom stereocenters. The molecule has 3 aromatic rings. The van der Waals surface area contributed by atoms with E-state index in [1.807, 2.05) is 13.8 Å². The molecule has 28 heavy (non-hydrogen) atoms. The van der Waals surface area contributed by atoms with Crippen molar-refractivity contribution in [3.63, 3.8) is 0 Å². The molecule has 0 fully saturated rings. The molecule has 0 aliphatic rings. The maximum Gasteiger partial charge on any atom is 0.335 e. The van der Waals surface area contributed by atoms with Crippen molar-refractivity contribution in [2.24, 2.45) is 0 Å². The zero-order chi connectivity index (χ0) is 20.1. The van der Waals surface area contributed by atoms with Crippen molar-refractivity contribution in [1.29, 1.82) is 0 Å². The topological polar surface area (TPSA) is 128 Å². The SMILES string of the molecule is CC(C)Oc1ccc(C(=O)O)cc1NC(=O)CCc1nc(-c2ccco2)no1. The molecule has 0 saturated carbocycles. The van der Waals surface area contributed by atoms with Crippen molar-refractivity contribution in [1.82, 2.24) is 10.1 Å². The second kappa shape index (κ2) is 8.38. The summed E-state index contributed by atoms with van der Waals surface area (Å²) in [4.78, 5) is 27.7. The molecule has 2 aromatic heterocycles. The molecule has 2 heterocycles. The highest BCUT2D eigenvalue weighted by molar-refractivity contribution is 5.95. The highest BCUT2D eigenvalue weighted by Crippen LogP contribution is 2.27. The van der Waals surface area contributed by atoms with Crippen molar-refractivity contribution in [2.75, 3.05) is 5.32 Å². The van der Waals surface area contributed by atoms with Gasteiger partial charge in [-0.15, -0.1) is 0 Å². The van der Waals surface area contributed by atoms with Crippen molar-refractivity contribution in [3.05, 3.63) is 48.0 Å². The summed E-state index contributed by atoms with van der Waals surface area (Å²) in [5, 5.41) is 15.6. The predicted octanol–water partition coefficient (Wildman–Crippen LogP) is 3.39. The molecule has 146 valence electrons. The minimum absolute atomic E-state index is 0.0476. The van der Waals surface area contributed by atoms with Crippen LogP contribution in [0, 0.1) is 0 Å². The van der Waals surface area contributed by atoms with Gasteiger partial charge in [-0.05, 0) is 44.2 Å². The van der Waals surface area contributed by atoms with Crippen molar-refractivity contribution in [2.45, 2.75) is 32.8 Å². The summed E-state index contributed by atoms with van der Waals surface area (Å²) in [6, 6.07) is 7.71. The number of benzene rings is 1. The minimum atomic E-state index is -1.09. The zero-order valence-electron chi connectivity index (χ0n) is 15.3. The third-order valence-corrected chi connectivity index (χ3v) is 3.64. The van der Waals surface area contributed by atoms with Crippen LogP contribution >= 0.6 is 0 Å². The first-order valence-corrected chi connectivity index (χ1v) is 8.62. The van der Waals surface area contributed by atoms with Crippen LogP contribution in [0.2, 0.25) is 0 Å². The van der Waals surface area contributed by atoms with Gasteiger partial charge in [0, 0.05) is 12.8 Å². The number of furan rings is 1. The Balaban J connectivity index is 1.65. The Morgan fingerprint density at radius 3 is 2.79 bits per heavy atom. The van der Waals surface area contributed by atoms with Gasteiger partial charge in [0.25, 0.3) is 0 Å². The van der Waals surface area contributed by atoms with Gasteiger partial charge in [0.15, 0.2) is 5.76 Å². The number of carbonyl (C=O) groups is 2. The lowest BCUT2D eigenvalue weighted by Crippen LogP contribution is -2.15. The number of carboxylic acid groups (broad SMARTS) is 1. The van der Waals surface area contributed by atoms with E-state index in [4.69, 9.17) is 18.8 Å². The van der Waals surface area contributed by atoms with Gasteiger partial charge in [-0.25, -0.2) is 4.79 Å². The number of anilines is 1. The minimum Gasteiger partial charge on any atom is -0.489 e. The van der Waals surface area contributed by atoms with Crippen LogP contribution in [0.3, 0.4) is 0 Å². The van der Waals surface area contributed by atoms with Crippen LogP contribution in [0.1, 0.15) is 36.5 Å². The predicted molar refractivity (Wildman–Crippen MR) is 98.1 cm³/mol. The lowest BCUT2D eigenvalue weighted by atomic mass is 10.1. The van der Waals surface area contributed by atoms with E-state index in [9.17, 15) is 9.59 Å². The van der Waals surface area contributed by atoms with Crippen molar-refractivity contribution >= 4 is 17.6 Å². The fraction of sp³-hybridized carbons (Fsp3) is 0.263. The summed E-state index contributed by atoms with van der Waals surface area (Å²) in [6.45, 7) is 3.67. The zero-order valence-corrected chi connectivity index (χ0v) is 15.3. The lowest BCUT2D eigenvalue weighted by Gasteiger charge is -2.15. The Morgan fingerprint density at radius 1 is 1.29 bits per heavy atom. The number of amides is 1. The first kappa shape index (κ1) is 19.2. The summed E-state index contributed by atoms with van der Waals surface area (Å²) in [5.41, 5.74) is 0.340. The fourth-order valence-electron chi connectivity index (χ4n) is 2.41. The summed E-state index contributed by atoms with van der Waals surface area (Å²) in [7, 11) is 0. The number of nitrogens with zero attached hydrogens (tertiary/aromatic N) is 2. The van der Waals surface area contributed by atoms with Crippen molar-refractivity contribution < 1.29 is 28.4 Å². The molecule has 2 N–H and O–H groups in total. The van der Waals surface area contributed by atoms with E-state index in [1.165, 1.54) is 24.5 Å². The Hall–Kier alpha value is -3.62. The maximum atomic E-state index is 12.3. The number of hydrogen-bond acceptors (Lipinski definition) is 7. The number of carbonyl (C=O) groups excluding carboxylic acids is 1. The van der Waals surface area contributed by atoms with E-state index in [1.54, 1.807) is 12.1 Å². The van der Waals surface area contributed by atoms with E-state index in [0.717, 1.165) is 0 Å². The Labute approximate surface area is 160 Å². The maximum absolute atomic E-state index is 12.3. The second-order valence-electron chi connectivity index (χ2n) is 6.22. The molecule has 0 spiro atoms. The Kier molecular flexibility index (Phi) is 5.73. The molecule has 0 saturated heterocycles. The highest BCUT2D eigenvalue weighted by atomic mass is 16.5. The number of aromatic carboxylic acids is 1. The number of aromatic nitrogens is 2. The van der Waals surface area contributed by atoms with Crippen LogP contribution in [0.5, 0.6) is 5.75 Å². The van der Waals surface area contributed by atoms with Crippen LogP contribution in [0.15, 0.2) is 45.5 Å². The van der Waals surface area contributed by atoms with E-state index >= 15 is 0 Å². The number of aryl methyl sites for hydroxylation is 1. The average Bonchev–Trinajstić information content (AvgIpc) is 3.32. The third-order valence-electron chi connectivity index (χ3n) is 3.64. The average molecular weight is 385 g/mol. The molecule has 0 radical (unpaired) electrons.